The molecule has 0 radical (unpaired) electrons. The minimum atomic E-state index is -0.501. The fourth-order valence-electron chi connectivity index (χ4n) is 4.34. The van der Waals surface area contributed by atoms with E-state index < -0.39 is 5.25 Å². The molecule has 7 heteroatoms. The Kier molecular flexibility index (Phi) is 6.34. The third kappa shape index (κ3) is 5.15. The van der Waals surface area contributed by atoms with Gasteiger partial charge in [-0.25, -0.2) is 0 Å². The number of carbonyl (C=O) groups is 3. The quantitative estimate of drug-likeness (QED) is 0.546. The number of fused-ring (bicyclic) bond motifs is 1. The summed E-state index contributed by atoms with van der Waals surface area (Å²) in [5.41, 5.74) is 3.68. The zero-order valence-electron chi connectivity index (χ0n) is 20.9. The maximum atomic E-state index is 13.4. The Morgan fingerprint density at radius 3 is 2.20 bits per heavy atom. The Morgan fingerprint density at radius 1 is 1.03 bits per heavy atom. The summed E-state index contributed by atoms with van der Waals surface area (Å²) in [6.07, 6.45) is 2.19. The second-order valence-electron chi connectivity index (χ2n) is 11.2. The molecule has 0 bridgehead atoms. The van der Waals surface area contributed by atoms with Crippen molar-refractivity contribution >= 4 is 34.8 Å². The van der Waals surface area contributed by atoms with Crippen molar-refractivity contribution in [3.05, 3.63) is 63.7 Å². The predicted molar refractivity (Wildman–Crippen MR) is 138 cm³/mol. The summed E-state index contributed by atoms with van der Waals surface area (Å²) >= 11 is 0.969. The SMILES string of the molecule is CC(C)(C)c1cc(C=C2COc3ccc(CC4SC(=O)NC4=O)cc3C2=O)cc(C(C)(C)C)c1O. The Morgan fingerprint density at radius 2 is 1.66 bits per heavy atom. The Balaban J connectivity index is 1.69. The van der Waals surface area contributed by atoms with E-state index in [0.29, 0.717) is 29.1 Å². The number of phenols is 1. The first-order valence-electron chi connectivity index (χ1n) is 11.6. The molecule has 2 aromatic carbocycles. The summed E-state index contributed by atoms with van der Waals surface area (Å²) in [6.45, 7) is 12.5. The van der Waals surface area contributed by atoms with E-state index in [1.54, 1.807) is 12.1 Å². The van der Waals surface area contributed by atoms with Crippen LogP contribution in [0.5, 0.6) is 11.5 Å². The zero-order chi connectivity index (χ0) is 25.7. The van der Waals surface area contributed by atoms with Gasteiger partial charge in [0, 0.05) is 16.7 Å². The van der Waals surface area contributed by atoms with E-state index in [1.165, 1.54) is 0 Å². The van der Waals surface area contributed by atoms with Crippen molar-refractivity contribution in [3.63, 3.8) is 0 Å². The molecular formula is C28H31NO5S. The highest BCUT2D eigenvalue weighted by Crippen LogP contribution is 2.40. The normalized spacial score (nSPS) is 19.5. The molecule has 2 heterocycles. The first-order valence-corrected chi connectivity index (χ1v) is 12.5. The highest BCUT2D eigenvalue weighted by Gasteiger charge is 2.32. The summed E-state index contributed by atoms with van der Waals surface area (Å²) in [7, 11) is 0. The van der Waals surface area contributed by atoms with E-state index in [4.69, 9.17) is 4.74 Å². The molecule has 2 amide bonds. The number of ether oxygens (including phenoxy) is 1. The van der Waals surface area contributed by atoms with Crippen molar-refractivity contribution in [1.29, 1.82) is 0 Å². The van der Waals surface area contributed by atoms with Crippen LogP contribution in [0.15, 0.2) is 35.9 Å². The average Bonchev–Trinajstić information content (AvgIpc) is 3.06. The fourth-order valence-corrected chi connectivity index (χ4v) is 5.19. The van der Waals surface area contributed by atoms with Crippen LogP contribution in [-0.4, -0.2) is 33.9 Å². The van der Waals surface area contributed by atoms with Crippen molar-refractivity contribution in [2.45, 2.75) is 64.0 Å². The van der Waals surface area contributed by atoms with E-state index in [2.05, 4.69) is 46.9 Å². The van der Waals surface area contributed by atoms with Gasteiger partial charge in [0.1, 0.15) is 18.1 Å². The molecule has 0 spiro atoms. The van der Waals surface area contributed by atoms with Gasteiger partial charge in [0.05, 0.1) is 10.8 Å². The number of hydrogen-bond acceptors (Lipinski definition) is 6. The van der Waals surface area contributed by atoms with Gasteiger partial charge in [0.15, 0.2) is 5.78 Å². The van der Waals surface area contributed by atoms with Crippen LogP contribution >= 0.6 is 11.8 Å². The highest BCUT2D eigenvalue weighted by molar-refractivity contribution is 8.15. The minimum Gasteiger partial charge on any atom is -0.507 e. The van der Waals surface area contributed by atoms with Crippen LogP contribution in [0.1, 0.15) is 74.2 Å². The van der Waals surface area contributed by atoms with Crippen molar-refractivity contribution in [2.75, 3.05) is 6.61 Å². The van der Waals surface area contributed by atoms with E-state index in [0.717, 1.165) is 34.0 Å². The first-order chi connectivity index (χ1) is 16.2. The molecule has 1 unspecified atom stereocenters. The number of carbonyl (C=O) groups excluding carboxylic acids is 3. The molecule has 184 valence electrons. The van der Waals surface area contributed by atoms with Crippen LogP contribution in [0.2, 0.25) is 0 Å². The molecule has 2 aliphatic heterocycles. The molecule has 35 heavy (non-hydrogen) atoms. The summed E-state index contributed by atoms with van der Waals surface area (Å²) in [5.74, 6) is 0.362. The number of nitrogens with one attached hydrogen (secondary N) is 1. The number of Topliss-reactive ketones (excluding diaryl/α,β-unsaturated/α-hetero) is 1. The van der Waals surface area contributed by atoms with Gasteiger partial charge in [-0.3, -0.25) is 19.7 Å². The van der Waals surface area contributed by atoms with Gasteiger partial charge in [-0.1, -0.05) is 59.4 Å². The smallest absolute Gasteiger partial charge is 0.286 e. The third-order valence-corrected chi connectivity index (χ3v) is 7.22. The molecule has 1 atom stereocenters. The second kappa shape index (κ2) is 8.86. The average molecular weight is 494 g/mol. The number of ketones is 1. The van der Waals surface area contributed by atoms with Gasteiger partial charge < -0.3 is 9.84 Å². The largest absolute Gasteiger partial charge is 0.507 e. The third-order valence-electron chi connectivity index (χ3n) is 6.24. The van der Waals surface area contributed by atoms with Gasteiger partial charge in [-0.2, -0.15) is 0 Å². The minimum absolute atomic E-state index is 0.129. The lowest BCUT2D eigenvalue weighted by Crippen LogP contribution is -2.25. The topological polar surface area (TPSA) is 92.7 Å². The Bertz CT molecular complexity index is 1230. The molecule has 2 aromatic rings. The Labute approximate surface area is 210 Å². The predicted octanol–water partition coefficient (Wildman–Crippen LogP) is 5.54. The lowest BCUT2D eigenvalue weighted by Gasteiger charge is -2.28. The molecule has 0 aliphatic carbocycles. The van der Waals surface area contributed by atoms with Crippen LogP contribution in [-0.2, 0) is 22.0 Å². The Hall–Kier alpha value is -3.06. The number of amides is 2. The zero-order valence-corrected chi connectivity index (χ0v) is 21.8. The molecule has 4 rings (SSSR count). The number of rotatable bonds is 3. The van der Waals surface area contributed by atoms with E-state index in [9.17, 15) is 19.5 Å². The molecule has 0 saturated carbocycles. The number of hydrogen-bond donors (Lipinski definition) is 2. The number of imide groups is 1. The monoisotopic (exact) mass is 493 g/mol. The van der Waals surface area contributed by atoms with Gasteiger partial charge in [0.25, 0.3) is 5.24 Å². The van der Waals surface area contributed by atoms with Crippen LogP contribution in [0.3, 0.4) is 0 Å². The van der Waals surface area contributed by atoms with Gasteiger partial charge in [-0.05, 0) is 58.7 Å². The second-order valence-corrected chi connectivity index (χ2v) is 12.3. The number of phenolic OH excluding ortho intramolecular Hbond substituents is 1. The van der Waals surface area contributed by atoms with Gasteiger partial charge >= 0.3 is 0 Å². The van der Waals surface area contributed by atoms with Crippen LogP contribution in [0.25, 0.3) is 6.08 Å². The molecule has 1 fully saturated rings. The van der Waals surface area contributed by atoms with Crippen LogP contribution in [0.4, 0.5) is 4.79 Å². The standard InChI is InChI=1S/C28H31NO5S/c1-27(2,3)19-11-16(12-20(24(19)31)28(4,5)6)9-17-14-34-21-8-7-15(10-18(21)23(17)30)13-22-25(32)29-26(33)35-22/h7-12,22,31H,13-14H2,1-6H3,(H,29,32,33). The number of thioether (sulfide) groups is 1. The van der Waals surface area contributed by atoms with Gasteiger partial charge in [-0.15, -0.1) is 0 Å². The lowest BCUT2D eigenvalue weighted by molar-refractivity contribution is -0.118. The summed E-state index contributed by atoms with van der Waals surface area (Å²) in [5, 5.41) is 12.4. The maximum absolute atomic E-state index is 13.4. The maximum Gasteiger partial charge on any atom is 0.286 e. The molecule has 2 aliphatic rings. The molecule has 6 nitrogen and oxygen atoms in total. The number of aromatic hydroxyl groups is 1. The summed E-state index contributed by atoms with van der Waals surface area (Å²) in [4.78, 5) is 36.8. The molecule has 0 aromatic heterocycles. The fraction of sp³-hybridized carbons (Fsp3) is 0.393. The molecular weight excluding hydrogens is 462 g/mol. The molecule has 2 N–H and O–H groups in total. The first kappa shape index (κ1) is 25.0. The van der Waals surface area contributed by atoms with Crippen molar-refractivity contribution in [2.24, 2.45) is 0 Å². The summed E-state index contributed by atoms with van der Waals surface area (Å²) < 4.78 is 5.88. The number of benzene rings is 2. The van der Waals surface area contributed by atoms with Crippen molar-refractivity contribution in [1.82, 2.24) is 5.32 Å². The van der Waals surface area contributed by atoms with E-state index >= 15 is 0 Å². The summed E-state index contributed by atoms with van der Waals surface area (Å²) in [6, 6.07) is 9.18. The van der Waals surface area contributed by atoms with Gasteiger partial charge in [0.2, 0.25) is 5.91 Å². The van der Waals surface area contributed by atoms with Crippen molar-refractivity contribution in [3.8, 4) is 11.5 Å². The molecule has 1 saturated heterocycles. The van der Waals surface area contributed by atoms with Crippen LogP contribution in [0, 0.1) is 0 Å². The highest BCUT2D eigenvalue weighted by atomic mass is 32.2. The van der Waals surface area contributed by atoms with Crippen molar-refractivity contribution < 1.29 is 24.2 Å². The lowest BCUT2D eigenvalue weighted by atomic mass is 9.78. The van der Waals surface area contributed by atoms with Crippen LogP contribution < -0.4 is 10.1 Å². The van der Waals surface area contributed by atoms with E-state index in [-0.39, 0.29) is 34.4 Å². The van der Waals surface area contributed by atoms with E-state index in [1.807, 2.05) is 24.3 Å².